The molecule has 0 aromatic heterocycles. The van der Waals surface area contributed by atoms with Crippen LogP contribution in [0.25, 0.3) is 0 Å². The molecule has 0 atom stereocenters. The molecule has 0 aliphatic carbocycles. The van der Waals surface area contributed by atoms with Crippen molar-refractivity contribution < 1.29 is 9.53 Å². The Morgan fingerprint density at radius 3 is 1.04 bits per heavy atom. The Kier molecular flexibility index (Phi) is 34.2. The first-order valence-corrected chi connectivity index (χ1v) is 22.2. The first-order chi connectivity index (χ1) is 23.7. The van der Waals surface area contributed by atoms with Crippen molar-refractivity contribution in [3.63, 3.8) is 0 Å². The minimum Gasteiger partial charge on any atom is -0.368 e. The lowest BCUT2D eigenvalue weighted by atomic mass is 10.0. The molecule has 1 aliphatic heterocycles. The summed E-state index contributed by atoms with van der Waals surface area (Å²) in [6, 6.07) is 0. The molecular weight excluding hydrogens is 588 g/mol. The van der Waals surface area contributed by atoms with Crippen LogP contribution in [0.2, 0.25) is 0 Å². The minimum atomic E-state index is 0.232. The summed E-state index contributed by atoms with van der Waals surface area (Å²) in [5.74, 6) is 0.232. The maximum Gasteiger partial charge on any atom is 0.248 e. The van der Waals surface area contributed by atoms with Crippen molar-refractivity contribution in [2.75, 3.05) is 39.8 Å². The molecule has 0 bridgehead atoms. The quantitative estimate of drug-likeness (QED) is 0.0614. The third-order valence-electron chi connectivity index (χ3n) is 11.0. The number of amides is 1. The zero-order chi connectivity index (χ0) is 34.6. The van der Waals surface area contributed by atoms with Crippen molar-refractivity contribution in [1.82, 2.24) is 9.80 Å². The summed E-state index contributed by atoms with van der Waals surface area (Å²) in [5, 5.41) is 0. The van der Waals surface area contributed by atoms with E-state index in [1.807, 2.05) is 0 Å². The van der Waals surface area contributed by atoms with E-state index in [2.05, 4.69) is 30.7 Å². The molecule has 0 spiro atoms. The third-order valence-corrected chi connectivity index (χ3v) is 11.0. The highest BCUT2D eigenvalue weighted by molar-refractivity contribution is 5.77. The Morgan fingerprint density at radius 2 is 0.750 bits per heavy atom. The predicted octanol–water partition coefficient (Wildman–Crippen LogP) is 13.4. The summed E-state index contributed by atoms with van der Waals surface area (Å²) in [6.45, 7) is 8.90. The van der Waals surface area contributed by atoms with Crippen LogP contribution in [0.4, 0.5) is 0 Å². The van der Waals surface area contributed by atoms with Crippen molar-refractivity contribution in [1.29, 1.82) is 0 Å². The second-order valence-electron chi connectivity index (χ2n) is 15.8. The SMILES string of the molecule is CCCCCCCCCCCCCCCCCCN(CCCCCCCCCCCCCCCCCC)C(=O)COC1CCN(C)CC1. The highest BCUT2D eigenvalue weighted by atomic mass is 16.5. The monoisotopic (exact) mass is 677 g/mol. The standard InChI is InChI=1S/C44H88N2O2/c1-4-6-8-10-12-14-16-18-20-22-24-26-28-30-32-34-38-46(44(47)42-48-43-36-40-45(3)41-37-43)39-35-33-31-29-27-25-23-21-19-17-15-13-11-9-7-5-2/h43H,4-42H2,1-3H3. The number of nitrogens with zero attached hydrogens (tertiary/aromatic N) is 2. The summed E-state index contributed by atoms with van der Waals surface area (Å²) in [7, 11) is 2.18. The van der Waals surface area contributed by atoms with Gasteiger partial charge in [-0.15, -0.1) is 0 Å². The van der Waals surface area contributed by atoms with Gasteiger partial charge in [-0.1, -0.05) is 206 Å². The topological polar surface area (TPSA) is 32.8 Å². The molecule has 4 heteroatoms. The second kappa shape index (κ2) is 36.2. The van der Waals surface area contributed by atoms with Crippen LogP contribution < -0.4 is 0 Å². The number of rotatable bonds is 37. The van der Waals surface area contributed by atoms with E-state index in [0.29, 0.717) is 0 Å². The molecule has 0 unspecified atom stereocenters. The molecular formula is C44H88N2O2. The fourth-order valence-electron chi connectivity index (χ4n) is 7.49. The van der Waals surface area contributed by atoms with E-state index in [9.17, 15) is 4.79 Å². The number of hydrogen-bond acceptors (Lipinski definition) is 3. The summed E-state index contributed by atoms with van der Waals surface area (Å²) >= 11 is 0. The van der Waals surface area contributed by atoms with Gasteiger partial charge in [0.25, 0.3) is 0 Å². The van der Waals surface area contributed by atoms with Gasteiger partial charge < -0.3 is 14.5 Å². The van der Waals surface area contributed by atoms with Crippen molar-refractivity contribution in [2.45, 2.75) is 238 Å². The average molecular weight is 677 g/mol. The lowest BCUT2D eigenvalue weighted by Gasteiger charge is -2.30. The highest BCUT2D eigenvalue weighted by Gasteiger charge is 2.20. The molecule has 4 nitrogen and oxygen atoms in total. The zero-order valence-electron chi connectivity index (χ0n) is 33.4. The Hall–Kier alpha value is -0.610. The van der Waals surface area contributed by atoms with E-state index in [0.717, 1.165) is 51.9 Å². The van der Waals surface area contributed by atoms with E-state index < -0.39 is 0 Å². The number of piperidine rings is 1. The van der Waals surface area contributed by atoms with Gasteiger partial charge in [-0.2, -0.15) is 0 Å². The van der Waals surface area contributed by atoms with Gasteiger partial charge in [-0.25, -0.2) is 0 Å². The summed E-state index contributed by atoms with van der Waals surface area (Å²) < 4.78 is 6.12. The molecule has 1 rings (SSSR count). The third kappa shape index (κ3) is 30.2. The molecule has 0 aromatic carbocycles. The molecule has 1 heterocycles. The van der Waals surface area contributed by atoms with E-state index in [-0.39, 0.29) is 18.6 Å². The second-order valence-corrected chi connectivity index (χ2v) is 15.8. The first-order valence-electron chi connectivity index (χ1n) is 22.2. The van der Waals surface area contributed by atoms with Crippen molar-refractivity contribution in [2.24, 2.45) is 0 Å². The van der Waals surface area contributed by atoms with Crippen LogP contribution in [-0.2, 0) is 9.53 Å². The normalized spacial score (nSPS) is 14.2. The van der Waals surface area contributed by atoms with Gasteiger partial charge in [-0.3, -0.25) is 4.79 Å². The lowest BCUT2D eigenvalue weighted by molar-refractivity contribution is -0.139. The Balaban J connectivity index is 2.10. The van der Waals surface area contributed by atoms with Gasteiger partial charge in [-0.05, 0) is 32.7 Å². The van der Waals surface area contributed by atoms with Crippen LogP contribution in [0.15, 0.2) is 0 Å². The molecule has 0 radical (unpaired) electrons. The van der Waals surface area contributed by atoms with E-state index in [4.69, 9.17) is 4.74 Å². The predicted molar refractivity (Wildman–Crippen MR) is 212 cm³/mol. The van der Waals surface area contributed by atoms with E-state index in [1.54, 1.807) is 0 Å². The van der Waals surface area contributed by atoms with Crippen LogP contribution in [0.1, 0.15) is 232 Å². The average Bonchev–Trinajstić information content (AvgIpc) is 3.10. The molecule has 0 saturated carbocycles. The summed E-state index contributed by atoms with van der Waals surface area (Å²) in [6.07, 6.45) is 46.8. The first kappa shape index (κ1) is 45.4. The van der Waals surface area contributed by atoms with Crippen LogP contribution in [0, 0.1) is 0 Å². The van der Waals surface area contributed by atoms with Gasteiger partial charge >= 0.3 is 0 Å². The fourth-order valence-corrected chi connectivity index (χ4v) is 7.49. The molecule has 0 aromatic rings. The van der Waals surface area contributed by atoms with Crippen molar-refractivity contribution >= 4 is 5.91 Å². The van der Waals surface area contributed by atoms with Crippen LogP contribution in [0.5, 0.6) is 0 Å². The molecule has 0 N–H and O–H groups in total. The van der Waals surface area contributed by atoms with Crippen LogP contribution in [0.3, 0.4) is 0 Å². The molecule has 286 valence electrons. The highest BCUT2D eigenvalue weighted by Crippen LogP contribution is 2.17. The number of likely N-dealkylation sites (tertiary alicyclic amines) is 1. The number of ether oxygens (including phenoxy) is 1. The number of hydrogen-bond donors (Lipinski definition) is 0. The smallest absolute Gasteiger partial charge is 0.248 e. The van der Waals surface area contributed by atoms with Gasteiger partial charge in [0.15, 0.2) is 0 Å². The number of carbonyl (C=O) groups excluding carboxylic acids is 1. The Bertz CT molecular complexity index is 612. The zero-order valence-corrected chi connectivity index (χ0v) is 33.4. The molecule has 48 heavy (non-hydrogen) atoms. The molecule has 1 aliphatic rings. The maximum atomic E-state index is 13.2. The Labute approximate surface area is 302 Å². The van der Waals surface area contributed by atoms with E-state index >= 15 is 0 Å². The summed E-state index contributed by atoms with van der Waals surface area (Å²) in [5.41, 5.74) is 0. The minimum absolute atomic E-state index is 0.232. The van der Waals surface area contributed by atoms with Gasteiger partial charge in [0.2, 0.25) is 5.91 Å². The summed E-state index contributed by atoms with van der Waals surface area (Å²) in [4.78, 5) is 17.7. The van der Waals surface area contributed by atoms with Gasteiger partial charge in [0, 0.05) is 26.2 Å². The number of unbranched alkanes of at least 4 members (excludes halogenated alkanes) is 30. The maximum absolute atomic E-state index is 13.2. The van der Waals surface area contributed by atoms with Crippen molar-refractivity contribution in [3.05, 3.63) is 0 Å². The van der Waals surface area contributed by atoms with Crippen LogP contribution in [-0.4, -0.2) is 61.6 Å². The molecule has 1 saturated heterocycles. The number of carbonyl (C=O) groups is 1. The lowest BCUT2D eigenvalue weighted by Crippen LogP contribution is -2.39. The van der Waals surface area contributed by atoms with Gasteiger partial charge in [0.1, 0.15) is 6.61 Å². The van der Waals surface area contributed by atoms with Crippen molar-refractivity contribution in [3.8, 4) is 0 Å². The van der Waals surface area contributed by atoms with Crippen LogP contribution >= 0.6 is 0 Å². The molecule has 1 fully saturated rings. The van der Waals surface area contributed by atoms with E-state index in [1.165, 1.54) is 193 Å². The van der Waals surface area contributed by atoms with Gasteiger partial charge in [0.05, 0.1) is 6.10 Å². The largest absolute Gasteiger partial charge is 0.368 e. The Morgan fingerprint density at radius 1 is 0.479 bits per heavy atom. The molecule has 1 amide bonds. The fraction of sp³-hybridized carbons (Fsp3) is 0.977.